The number of anilines is 1. The van der Waals surface area contributed by atoms with Crippen molar-refractivity contribution in [3.63, 3.8) is 0 Å². The number of carbonyl (C=O) groups is 3. The van der Waals surface area contributed by atoms with E-state index in [9.17, 15) is 19.5 Å². The molecule has 0 aliphatic carbocycles. The zero-order chi connectivity index (χ0) is 30.2. The summed E-state index contributed by atoms with van der Waals surface area (Å²) in [5, 5.41) is 15.8. The average Bonchev–Trinajstić information content (AvgIpc) is 2.85. The van der Waals surface area contributed by atoms with E-state index in [1.807, 2.05) is 70.2 Å². The SMILES string of the molecule is Cc1ccc(C)c(C(C(=O)Nc2ccccc2C)N(C(=O)C(CO)NC(=O)OC(C)(C)C)C(C)CCC(C)C)c1. The number of aliphatic hydroxyl groups excluding tert-OH is 1. The molecule has 0 aliphatic heterocycles. The van der Waals surface area contributed by atoms with E-state index in [4.69, 9.17) is 4.74 Å². The molecule has 0 saturated carbocycles. The second kappa shape index (κ2) is 14.3. The number of hydrogen-bond acceptors (Lipinski definition) is 5. The van der Waals surface area contributed by atoms with Crippen LogP contribution in [-0.4, -0.2) is 52.2 Å². The van der Waals surface area contributed by atoms with Gasteiger partial charge in [-0.05, 0) is 90.0 Å². The molecule has 8 nitrogen and oxygen atoms in total. The molecule has 0 aromatic heterocycles. The number of para-hydroxylation sites is 1. The van der Waals surface area contributed by atoms with Crippen molar-refractivity contribution in [1.82, 2.24) is 10.2 Å². The van der Waals surface area contributed by atoms with E-state index in [2.05, 4.69) is 24.5 Å². The highest BCUT2D eigenvalue weighted by molar-refractivity contribution is 5.99. The van der Waals surface area contributed by atoms with E-state index in [1.165, 1.54) is 4.90 Å². The Morgan fingerprint density at radius 1 is 0.950 bits per heavy atom. The van der Waals surface area contributed by atoms with Gasteiger partial charge in [-0.25, -0.2) is 4.79 Å². The fraction of sp³-hybridized carbons (Fsp3) is 0.531. The number of aryl methyl sites for hydroxylation is 3. The molecular formula is C32H47N3O5. The first kappa shape index (κ1) is 32.8. The smallest absolute Gasteiger partial charge is 0.408 e. The first-order valence-electron chi connectivity index (χ1n) is 14.0. The molecule has 2 rings (SSSR count). The minimum absolute atomic E-state index is 0.373. The van der Waals surface area contributed by atoms with E-state index in [0.717, 1.165) is 23.1 Å². The quantitative estimate of drug-likeness (QED) is 0.324. The Balaban J connectivity index is 2.64. The van der Waals surface area contributed by atoms with Crippen LogP contribution in [0.1, 0.15) is 82.7 Å². The fourth-order valence-corrected chi connectivity index (χ4v) is 4.51. The maximum atomic E-state index is 14.2. The van der Waals surface area contributed by atoms with Crippen LogP contribution >= 0.6 is 0 Å². The number of amides is 3. The Labute approximate surface area is 239 Å². The van der Waals surface area contributed by atoms with Crippen molar-refractivity contribution in [3.05, 3.63) is 64.7 Å². The number of alkyl carbamates (subject to hydrolysis) is 1. The summed E-state index contributed by atoms with van der Waals surface area (Å²) < 4.78 is 5.35. The van der Waals surface area contributed by atoms with Crippen LogP contribution in [0.4, 0.5) is 10.5 Å². The lowest BCUT2D eigenvalue weighted by atomic mass is 9.93. The van der Waals surface area contributed by atoms with Gasteiger partial charge in [-0.3, -0.25) is 9.59 Å². The molecule has 0 bridgehead atoms. The van der Waals surface area contributed by atoms with E-state index in [-0.39, 0.29) is 11.9 Å². The predicted molar refractivity (Wildman–Crippen MR) is 159 cm³/mol. The molecule has 0 saturated heterocycles. The standard InChI is InChI=1S/C32H47N3O5/c1-20(2)14-17-24(6)35(30(38)27(19-36)34-31(39)40-32(7,8)9)28(25-18-21(3)15-16-22(25)4)29(37)33-26-13-11-10-12-23(26)5/h10-13,15-16,18,20,24,27-28,36H,14,17,19H2,1-9H3,(H,33,37)(H,34,39). The van der Waals surface area contributed by atoms with Gasteiger partial charge in [0, 0.05) is 11.7 Å². The summed E-state index contributed by atoms with van der Waals surface area (Å²) in [6.07, 6.45) is 0.641. The zero-order valence-electron chi connectivity index (χ0n) is 25.5. The number of hydrogen-bond donors (Lipinski definition) is 3. The molecule has 8 heteroatoms. The Morgan fingerprint density at radius 2 is 1.60 bits per heavy atom. The lowest BCUT2D eigenvalue weighted by Crippen LogP contribution is -2.56. The van der Waals surface area contributed by atoms with Crippen LogP contribution in [-0.2, 0) is 14.3 Å². The van der Waals surface area contributed by atoms with Gasteiger partial charge in [0.15, 0.2) is 0 Å². The van der Waals surface area contributed by atoms with E-state index >= 15 is 0 Å². The number of nitrogens with zero attached hydrogens (tertiary/aromatic N) is 1. The summed E-state index contributed by atoms with van der Waals surface area (Å²) in [7, 11) is 0. The molecule has 3 unspecified atom stereocenters. The number of ether oxygens (including phenoxy) is 1. The number of nitrogens with one attached hydrogen (secondary N) is 2. The molecule has 2 aromatic rings. The highest BCUT2D eigenvalue weighted by atomic mass is 16.6. The highest BCUT2D eigenvalue weighted by Crippen LogP contribution is 2.31. The van der Waals surface area contributed by atoms with Gasteiger partial charge in [0.25, 0.3) is 5.91 Å². The molecule has 0 aliphatic rings. The molecule has 220 valence electrons. The van der Waals surface area contributed by atoms with Crippen molar-refractivity contribution < 1.29 is 24.2 Å². The van der Waals surface area contributed by atoms with Crippen LogP contribution in [0, 0.1) is 26.7 Å². The van der Waals surface area contributed by atoms with Crippen LogP contribution in [0.3, 0.4) is 0 Å². The zero-order valence-corrected chi connectivity index (χ0v) is 25.5. The number of aliphatic hydroxyl groups is 1. The van der Waals surface area contributed by atoms with Crippen LogP contribution in [0.15, 0.2) is 42.5 Å². The molecule has 40 heavy (non-hydrogen) atoms. The second-order valence-corrected chi connectivity index (χ2v) is 12.0. The first-order valence-corrected chi connectivity index (χ1v) is 14.0. The van der Waals surface area contributed by atoms with Crippen LogP contribution in [0.2, 0.25) is 0 Å². The molecule has 3 atom stereocenters. The monoisotopic (exact) mass is 553 g/mol. The minimum atomic E-state index is -1.30. The molecule has 2 aromatic carbocycles. The van der Waals surface area contributed by atoms with Gasteiger partial charge in [0.2, 0.25) is 5.91 Å². The minimum Gasteiger partial charge on any atom is -0.444 e. The largest absolute Gasteiger partial charge is 0.444 e. The fourth-order valence-electron chi connectivity index (χ4n) is 4.51. The summed E-state index contributed by atoms with van der Waals surface area (Å²) in [6.45, 7) is 16.4. The van der Waals surface area contributed by atoms with E-state index in [0.29, 0.717) is 23.6 Å². The van der Waals surface area contributed by atoms with Gasteiger partial charge >= 0.3 is 6.09 Å². The molecule has 3 N–H and O–H groups in total. The van der Waals surface area contributed by atoms with Gasteiger partial charge in [-0.2, -0.15) is 0 Å². The lowest BCUT2D eigenvalue weighted by molar-refractivity contribution is -0.144. The van der Waals surface area contributed by atoms with Gasteiger partial charge in [-0.1, -0.05) is 55.8 Å². The van der Waals surface area contributed by atoms with Gasteiger partial charge in [-0.15, -0.1) is 0 Å². The lowest BCUT2D eigenvalue weighted by Gasteiger charge is -2.39. The van der Waals surface area contributed by atoms with Crippen molar-refractivity contribution in [2.45, 2.75) is 98.9 Å². The summed E-state index contributed by atoms with van der Waals surface area (Å²) >= 11 is 0. The molecular weight excluding hydrogens is 506 g/mol. The Kier molecular flexibility index (Phi) is 11.7. The van der Waals surface area contributed by atoms with Crippen molar-refractivity contribution in [3.8, 4) is 0 Å². The Bertz CT molecular complexity index is 1170. The number of benzene rings is 2. The average molecular weight is 554 g/mol. The number of carbonyl (C=O) groups excluding carboxylic acids is 3. The van der Waals surface area contributed by atoms with Gasteiger partial charge in [0.05, 0.1) is 6.61 Å². The maximum Gasteiger partial charge on any atom is 0.408 e. The topological polar surface area (TPSA) is 108 Å². The maximum absolute atomic E-state index is 14.2. The third-order valence-corrected chi connectivity index (χ3v) is 6.72. The molecule has 0 heterocycles. The summed E-state index contributed by atoms with van der Waals surface area (Å²) in [4.78, 5) is 42.5. The van der Waals surface area contributed by atoms with Crippen LogP contribution < -0.4 is 10.6 Å². The van der Waals surface area contributed by atoms with Crippen molar-refractivity contribution >= 4 is 23.6 Å². The van der Waals surface area contributed by atoms with Crippen molar-refractivity contribution in [2.24, 2.45) is 5.92 Å². The van der Waals surface area contributed by atoms with E-state index in [1.54, 1.807) is 20.8 Å². The third-order valence-electron chi connectivity index (χ3n) is 6.72. The van der Waals surface area contributed by atoms with Gasteiger partial charge < -0.3 is 25.4 Å². The molecule has 0 radical (unpaired) electrons. The summed E-state index contributed by atoms with van der Waals surface area (Å²) in [6, 6.07) is 10.6. The van der Waals surface area contributed by atoms with Gasteiger partial charge in [0.1, 0.15) is 17.7 Å². The van der Waals surface area contributed by atoms with Crippen molar-refractivity contribution in [2.75, 3.05) is 11.9 Å². The molecule has 0 fully saturated rings. The third kappa shape index (κ3) is 9.37. The second-order valence-electron chi connectivity index (χ2n) is 12.0. The summed E-state index contributed by atoms with van der Waals surface area (Å²) in [5.74, 6) is -0.551. The van der Waals surface area contributed by atoms with E-state index < -0.39 is 36.3 Å². The summed E-state index contributed by atoms with van der Waals surface area (Å²) in [5.41, 5.74) is 3.24. The van der Waals surface area contributed by atoms with Crippen LogP contribution in [0.25, 0.3) is 0 Å². The Morgan fingerprint density at radius 3 is 2.17 bits per heavy atom. The van der Waals surface area contributed by atoms with Crippen LogP contribution in [0.5, 0.6) is 0 Å². The predicted octanol–water partition coefficient (Wildman–Crippen LogP) is 5.83. The molecule has 0 spiro atoms. The Hall–Kier alpha value is -3.39. The normalized spacial score (nSPS) is 13.8. The van der Waals surface area contributed by atoms with Crippen molar-refractivity contribution in [1.29, 1.82) is 0 Å². The first-order chi connectivity index (χ1) is 18.6. The number of rotatable bonds is 11. The highest BCUT2D eigenvalue weighted by Gasteiger charge is 2.39. The molecule has 3 amide bonds.